The second kappa shape index (κ2) is 8.85. The molecule has 0 aliphatic rings. The van der Waals surface area contributed by atoms with Crippen LogP contribution in [-0.4, -0.2) is 36.7 Å². The van der Waals surface area contributed by atoms with Gasteiger partial charge in [-0.25, -0.2) is 13.4 Å². The Labute approximate surface area is 190 Å². The van der Waals surface area contributed by atoms with Gasteiger partial charge in [0.1, 0.15) is 5.76 Å². The molecule has 0 spiro atoms. The predicted octanol–water partition coefficient (Wildman–Crippen LogP) is 4.52. The first-order chi connectivity index (χ1) is 15.3. The molecular formula is C23H23N3O4S2. The summed E-state index contributed by atoms with van der Waals surface area (Å²) in [6.07, 6.45) is 0. The molecule has 4 rings (SSSR count). The molecule has 0 bridgehead atoms. The average Bonchev–Trinajstić information content (AvgIpc) is 3.43. The van der Waals surface area contributed by atoms with Crippen LogP contribution in [0.4, 0.5) is 0 Å². The smallest absolute Gasteiger partial charge is 0.251 e. The third-order valence-electron chi connectivity index (χ3n) is 5.11. The first-order valence-corrected chi connectivity index (χ1v) is 12.3. The number of hydrogen-bond acceptors (Lipinski definition) is 6. The molecule has 1 N–H and O–H groups in total. The molecule has 0 aliphatic heterocycles. The van der Waals surface area contributed by atoms with Crippen LogP contribution in [0, 0.1) is 0 Å². The Hall–Kier alpha value is -3.01. The van der Waals surface area contributed by atoms with Gasteiger partial charge in [0.25, 0.3) is 5.91 Å². The van der Waals surface area contributed by atoms with E-state index in [1.807, 2.05) is 30.3 Å². The van der Waals surface area contributed by atoms with Gasteiger partial charge < -0.3 is 9.73 Å². The number of hydrogen-bond donors (Lipinski definition) is 1. The van der Waals surface area contributed by atoms with Gasteiger partial charge in [0, 0.05) is 18.7 Å². The maximum atomic E-state index is 12.6. The molecule has 0 saturated heterocycles. The molecule has 2 aromatic heterocycles. The summed E-state index contributed by atoms with van der Waals surface area (Å²) >= 11 is 1.55. The molecule has 0 saturated carbocycles. The Morgan fingerprint density at radius 2 is 1.81 bits per heavy atom. The number of aromatic nitrogens is 1. The standard InChI is InChI=1S/C23H23N3O4S2/c1-15(2)26(3)32(28,29)18-11-8-16(9-12-18)22(27)24-14-17-10-13-20(30-17)23-25-19-6-4-5-7-21(19)31-23/h4-13,15H,14H2,1-3H3,(H,24,27). The lowest BCUT2D eigenvalue weighted by atomic mass is 10.2. The van der Waals surface area contributed by atoms with Gasteiger partial charge in [-0.3, -0.25) is 4.79 Å². The number of fused-ring (bicyclic) bond motifs is 1. The third kappa shape index (κ3) is 4.45. The van der Waals surface area contributed by atoms with Gasteiger partial charge in [-0.05, 0) is 62.4 Å². The van der Waals surface area contributed by atoms with Gasteiger partial charge in [0.05, 0.1) is 21.7 Å². The van der Waals surface area contributed by atoms with E-state index in [9.17, 15) is 13.2 Å². The Bertz CT molecular complexity index is 1320. The van der Waals surface area contributed by atoms with Gasteiger partial charge in [0.15, 0.2) is 10.8 Å². The highest BCUT2D eigenvalue weighted by Crippen LogP contribution is 2.31. The van der Waals surface area contributed by atoms with Crippen molar-refractivity contribution >= 4 is 37.5 Å². The molecule has 7 nitrogen and oxygen atoms in total. The van der Waals surface area contributed by atoms with E-state index in [-0.39, 0.29) is 23.4 Å². The average molecular weight is 470 g/mol. The van der Waals surface area contributed by atoms with Crippen LogP contribution >= 0.6 is 11.3 Å². The van der Waals surface area contributed by atoms with Crippen LogP contribution in [0.25, 0.3) is 21.0 Å². The Morgan fingerprint density at radius 1 is 1.09 bits per heavy atom. The van der Waals surface area contributed by atoms with Gasteiger partial charge in [0.2, 0.25) is 10.0 Å². The molecule has 9 heteroatoms. The molecule has 0 unspecified atom stereocenters. The largest absolute Gasteiger partial charge is 0.457 e. The van der Waals surface area contributed by atoms with Crippen LogP contribution < -0.4 is 5.32 Å². The number of rotatable bonds is 7. The van der Waals surface area contributed by atoms with Crippen molar-refractivity contribution in [2.45, 2.75) is 31.3 Å². The van der Waals surface area contributed by atoms with E-state index < -0.39 is 10.0 Å². The van der Waals surface area contributed by atoms with Crippen LogP contribution in [0.5, 0.6) is 0 Å². The lowest BCUT2D eigenvalue weighted by molar-refractivity contribution is 0.0948. The summed E-state index contributed by atoms with van der Waals surface area (Å²) in [5.74, 6) is 0.939. The summed E-state index contributed by atoms with van der Waals surface area (Å²) in [6, 6.07) is 17.3. The molecule has 4 aromatic rings. The zero-order valence-corrected chi connectivity index (χ0v) is 19.5. The molecule has 0 atom stereocenters. The quantitative estimate of drug-likeness (QED) is 0.430. The van der Waals surface area contributed by atoms with Crippen molar-refractivity contribution < 1.29 is 17.6 Å². The number of amides is 1. The summed E-state index contributed by atoms with van der Waals surface area (Å²) < 4.78 is 33.3. The number of sulfonamides is 1. The van der Waals surface area contributed by atoms with Crippen molar-refractivity contribution in [2.75, 3.05) is 7.05 Å². The van der Waals surface area contributed by atoms with Crippen LogP contribution in [-0.2, 0) is 16.6 Å². The molecule has 2 aromatic carbocycles. The number of thiazole rings is 1. The van der Waals surface area contributed by atoms with Crippen LogP contribution in [0.15, 0.2) is 70.0 Å². The monoisotopic (exact) mass is 469 g/mol. The maximum Gasteiger partial charge on any atom is 0.251 e. The summed E-state index contributed by atoms with van der Waals surface area (Å²) in [7, 11) is -2.05. The molecule has 2 heterocycles. The number of nitrogens with zero attached hydrogens (tertiary/aromatic N) is 2. The van der Waals surface area contributed by atoms with E-state index in [2.05, 4.69) is 10.3 Å². The van der Waals surface area contributed by atoms with E-state index in [0.29, 0.717) is 17.1 Å². The van der Waals surface area contributed by atoms with E-state index in [1.54, 1.807) is 31.3 Å². The van der Waals surface area contributed by atoms with Gasteiger partial charge in [-0.2, -0.15) is 4.31 Å². The number of carbonyl (C=O) groups excluding carboxylic acids is 1. The lowest BCUT2D eigenvalue weighted by Crippen LogP contribution is -2.33. The van der Waals surface area contributed by atoms with Crippen molar-refractivity contribution in [3.8, 4) is 10.8 Å². The van der Waals surface area contributed by atoms with Crippen molar-refractivity contribution in [3.63, 3.8) is 0 Å². The molecule has 166 valence electrons. The van der Waals surface area contributed by atoms with Crippen LogP contribution in [0.3, 0.4) is 0 Å². The Kier molecular flexibility index (Phi) is 6.14. The molecular weight excluding hydrogens is 446 g/mol. The third-order valence-corrected chi connectivity index (χ3v) is 8.21. The Morgan fingerprint density at radius 3 is 2.50 bits per heavy atom. The molecule has 1 amide bonds. The topological polar surface area (TPSA) is 92.5 Å². The zero-order chi connectivity index (χ0) is 22.9. The zero-order valence-electron chi connectivity index (χ0n) is 17.9. The number of furan rings is 1. The van der Waals surface area contributed by atoms with Crippen LogP contribution in [0.2, 0.25) is 0 Å². The lowest BCUT2D eigenvalue weighted by Gasteiger charge is -2.21. The second-order valence-corrected chi connectivity index (χ2v) is 10.6. The van der Waals surface area contributed by atoms with Gasteiger partial charge >= 0.3 is 0 Å². The minimum atomic E-state index is -3.59. The minimum absolute atomic E-state index is 0.150. The highest BCUT2D eigenvalue weighted by molar-refractivity contribution is 7.89. The normalized spacial score (nSPS) is 12.0. The van der Waals surface area contributed by atoms with Crippen molar-refractivity contribution in [3.05, 3.63) is 72.0 Å². The fraction of sp³-hybridized carbons (Fsp3) is 0.217. The van der Waals surface area contributed by atoms with Crippen molar-refractivity contribution in [1.29, 1.82) is 0 Å². The van der Waals surface area contributed by atoms with E-state index in [4.69, 9.17) is 4.42 Å². The summed E-state index contributed by atoms with van der Waals surface area (Å²) in [5.41, 5.74) is 1.29. The van der Waals surface area contributed by atoms with E-state index in [1.165, 1.54) is 35.6 Å². The first-order valence-electron chi connectivity index (χ1n) is 10.1. The predicted molar refractivity (Wildman–Crippen MR) is 125 cm³/mol. The maximum absolute atomic E-state index is 12.6. The SMILES string of the molecule is CC(C)N(C)S(=O)(=O)c1ccc(C(=O)NCc2ccc(-c3nc4ccccc4s3)o2)cc1. The molecule has 0 fully saturated rings. The highest BCUT2D eigenvalue weighted by Gasteiger charge is 2.23. The highest BCUT2D eigenvalue weighted by atomic mass is 32.2. The van der Waals surface area contributed by atoms with E-state index in [0.717, 1.165) is 15.2 Å². The summed E-state index contributed by atoms with van der Waals surface area (Å²) in [5, 5.41) is 3.58. The second-order valence-electron chi connectivity index (χ2n) is 7.57. The van der Waals surface area contributed by atoms with E-state index >= 15 is 0 Å². The first kappa shape index (κ1) is 22.2. The summed E-state index contributed by atoms with van der Waals surface area (Å²) in [6.45, 7) is 3.81. The molecule has 0 radical (unpaired) electrons. The van der Waals surface area contributed by atoms with Gasteiger partial charge in [-0.1, -0.05) is 12.1 Å². The molecule has 0 aliphatic carbocycles. The summed E-state index contributed by atoms with van der Waals surface area (Å²) in [4.78, 5) is 17.2. The molecule has 32 heavy (non-hydrogen) atoms. The number of carbonyl (C=O) groups is 1. The van der Waals surface area contributed by atoms with Crippen molar-refractivity contribution in [2.24, 2.45) is 0 Å². The Balaban J connectivity index is 1.41. The minimum Gasteiger partial charge on any atom is -0.457 e. The van der Waals surface area contributed by atoms with Gasteiger partial charge in [-0.15, -0.1) is 11.3 Å². The number of para-hydroxylation sites is 1. The number of nitrogens with one attached hydrogen (secondary N) is 1. The fourth-order valence-electron chi connectivity index (χ4n) is 3.06. The van der Waals surface area contributed by atoms with Crippen LogP contribution in [0.1, 0.15) is 30.0 Å². The number of benzene rings is 2. The fourth-order valence-corrected chi connectivity index (χ4v) is 5.35. The van der Waals surface area contributed by atoms with Crippen molar-refractivity contribution in [1.82, 2.24) is 14.6 Å².